The number of ether oxygens (including phenoxy) is 2. The van der Waals surface area contributed by atoms with Gasteiger partial charge in [-0.15, -0.1) is 0 Å². The molecule has 0 saturated heterocycles. The Morgan fingerprint density at radius 2 is 1.78 bits per heavy atom. The first-order valence-corrected chi connectivity index (χ1v) is 7.74. The van der Waals surface area contributed by atoms with E-state index in [1.165, 1.54) is 0 Å². The summed E-state index contributed by atoms with van der Waals surface area (Å²) in [5, 5.41) is 0.363. The fraction of sp³-hybridized carbons (Fsp3) is 0.278. The van der Waals surface area contributed by atoms with E-state index in [-0.39, 0.29) is 53.8 Å². The van der Waals surface area contributed by atoms with Gasteiger partial charge in [0.25, 0.3) is 0 Å². The Kier molecular flexibility index (Phi) is 8.71. The molecule has 0 radical (unpaired) electrons. The minimum absolute atomic E-state index is 0. The molecule has 2 aromatic carbocycles. The summed E-state index contributed by atoms with van der Waals surface area (Å²) in [7, 11) is 0. The van der Waals surface area contributed by atoms with Gasteiger partial charge < -0.3 is 9.47 Å². The van der Waals surface area contributed by atoms with Gasteiger partial charge in [0.2, 0.25) is 0 Å². The maximum absolute atomic E-state index is 11.6. The second kappa shape index (κ2) is 9.99. The second-order valence-corrected chi connectivity index (χ2v) is 5.23. The molecule has 1 unspecified atom stereocenters. The topological polar surface area (TPSA) is 35.5 Å². The van der Waals surface area contributed by atoms with E-state index in [4.69, 9.17) is 21.1 Å². The average molecular weight is 343 g/mol. The Morgan fingerprint density at radius 1 is 1.09 bits per heavy atom. The van der Waals surface area contributed by atoms with E-state index in [1.54, 1.807) is 25.1 Å². The molecular weight excluding hydrogens is 323 g/mol. The fourth-order valence-corrected chi connectivity index (χ4v) is 2.28. The van der Waals surface area contributed by atoms with E-state index in [9.17, 15) is 4.79 Å². The number of hydrogen-bond acceptors (Lipinski definition) is 3. The monoisotopic (exact) mass is 342 g/mol. The average Bonchev–Trinajstić information content (AvgIpc) is 2.56. The summed E-state index contributed by atoms with van der Waals surface area (Å²) in [5.74, 6) is 0.418. The molecule has 0 heterocycles. The van der Waals surface area contributed by atoms with Crippen LogP contribution in [0.1, 0.15) is 38.4 Å². The number of esters is 1. The second-order valence-electron chi connectivity index (χ2n) is 4.82. The molecule has 118 valence electrons. The molecule has 23 heavy (non-hydrogen) atoms. The number of hydrogen-bond donors (Lipinski definition) is 0. The van der Waals surface area contributed by atoms with E-state index in [2.05, 4.69) is 0 Å². The summed E-state index contributed by atoms with van der Waals surface area (Å²) < 4.78 is 11.4. The van der Waals surface area contributed by atoms with Crippen LogP contribution < -0.4 is 9.47 Å². The first-order chi connectivity index (χ1) is 10.7. The Labute approximate surface area is 164 Å². The molecule has 0 bridgehead atoms. The number of benzene rings is 2. The Hall–Kier alpha value is -1.000. The van der Waals surface area contributed by atoms with Crippen molar-refractivity contribution in [3.63, 3.8) is 0 Å². The van der Waals surface area contributed by atoms with E-state index in [1.807, 2.05) is 37.3 Å². The molecular formula is C18H20ClNaO3. The zero-order valence-electron chi connectivity index (χ0n) is 12.7. The van der Waals surface area contributed by atoms with Crippen LogP contribution in [0.25, 0.3) is 0 Å². The van der Waals surface area contributed by atoms with Crippen molar-refractivity contribution in [2.45, 2.75) is 32.8 Å². The van der Waals surface area contributed by atoms with Crippen LogP contribution in [0.4, 0.5) is 0 Å². The molecule has 2 aromatic rings. The number of halogens is 1. The molecule has 5 heteroatoms. The summed E-state index contributed by atoms with van der Waals surface area (Å²) >= 11 is 6.15. The van der Waals surface area contributed by atoms with Crippen LogP contribution in [0.5, 0.6) is 11.5 Å². The van der Waals surface area contributed by atoms with Crippen LogP contribution in [-0.2, 0) is 4.79 Å². The van der Waals surface area contributed by atoms with Gasteiger partial charge in [0.1, 0.15) is 6.10 Å². The van der Waals surface area contributed by atoms with Crippen LogP contribution in [0.15, 0.2) is 48.5 Å². The Morgan fingerprint density at radius 3 is 2.39 bits per heavy atom. The van der Waals surface area contributed by atoms with Gasteiger partial charge in [-0.25, -0.2) is 0 Å². The standard InChI is InChI=1S/C18H19ClO3.Na.H/c1-3-15(13-9-6-5-7-10-13)21-16-12-8-11-14(19)18(16)22-17(20)4-2;;/h5-12,15H,3-4H2,1-2H3;;. The summed E-state index contributed by atoms with van der Waals surface area (Å²) in [6, 6.07) is 15.1. The van der Waals surface area contributed by atoms with E-state index >= 15 is 0 Å². The fourth-order valence-electron chi connectivity index (χ4n) is 2.07. The van der Waals surface area contributed by atoms with Crippen molar-refractivity contribution in [2.24, 2.45) is 0 Å². The van der Waals surface area contributed by atoms with Crippen molar-refractivity contribution in [2.75, 3.05) is 0 Å². The number of para-hydroxylation sites is 1. The predicted octanol–water partition coefficient (Wildman–Crippen LogP) is 4.54. The molecule has 1 atom stereocenters. The van der Waals surface area contributed by atoms with E-state index < -0.39 is 0 Å². The van der Waals surface area contributed by atoms with Crippen LogP contribution in [0, 0.1) is 0 Å². The predicted molar refractivity (Wildman–Crippen MR) is 94.6 cm³/mol. The van der Waals surface area contributed by atoms with E-state index in [0.29, 0.717) is 10.8 Å². The van der Waals surface area contributed by atoms with Gasteiger partial charge in [-0.1, -0.05) is 61.8 Å². The van der Waals surface area contributed by atoms with Gasteiger partial charge in [-0.2, -0.15) is 0 Å². The number of carbonyl (C=O) groups excluding carboxylic acids is 1. The van der Waals surface area contributed by atoms with Gasteiger partial charge in [0.15, 0.2) is 11.5 Å². The van der Waals surface area contributed by atoms with Gasteiger partial charge in [-0.3, -0.25) is 4.79 Å². The summed E-state index contributed by atoms with van der Waals surface area (Å²) in [6.45, 7) is 3.78. The number of rotatable bonds is 6. The van der Waals surface area contributed by atoms with Crippen molar-refractivity contribution < 1.29 is 14.3 Å². The van der Waals surface area contributed by atoms with Gasteiger partial charge in [0, 0.05) is 6.42 Å². The normalized spacial score (nSPS) is 11.3. The van der Waals surface area contributed by atoms with Crippen LogP contribution in [-0.4, -0.2) is 35.5 Å². The van der Waals surface area contributed by atoms with Crippen LogP contribution >= 0.6 is 11.6 Å². The van der Waals surface area contributed by atoms with Crippen molar-refractivity contribution >= 4 is 47.1 Å². The van der Waals surface area contributed by atoms with E-state index in [0.717, 1.165) is 12.0 Å². The summed E-state index contributed by atoms with van der Waals surface area (Å²) in [6.07, 6.45) is 0.942. The van der Waals surface area contributed by atoms with Gasteiger partial charge in [0.05, 0.1) is 5.02 Å². The minimum atomic E-state index is -0.342. The Bertz CT molecular complexity index is 631. The van der Waals surface area contributed by atoms with Gasteiger partial charge >= 0.3 is 35.5 Å². The first kappa shape index (κ1) is 20.0. The molecule has 0 aromatic heterocycles. The van der Waals surface area contributed by atoms with Crippen molar-refractivity contribution in [1.29, 1.82) is 0 Å². The van der Waals surface area contributed by atoms with Crippen LogP contribution in [0.3, 0.4) is 0 Å². The third-order valence-electron chi connectivity index (χ3n) is 3.25. The Balaban J connectivity index is 0.00000264. The number of carbonyl (C=O) groups is 1. The van der Waals surface area contributed by atoms with Gasteiger partial charge in [-0.05, 0) is 24.1 Å². The maximum atomic E-state index is 11.6. The zero-order valence-corrected chi connectivity index (χ0v) is 13.5. The molecule has 0 fully saturated rings. The first-order valence-electron chi connectivity index (χ1n) is 7.36. The third kappa shape index (κ3) is 5.54. The molecule has 0 N–H and O–H groups in total. The molecule has 0 saturated carbocycles. The van der Waals surface area contributed by atoms with Crippen molar-refractivity contribution in [3.8, 4) is 11.5 Å². The van der Waals surface area contributed by atoms with Crippen molar-refractivity contribution in [1.82, 2.24) is 0 Å². The SMILES string of the molecule is CCC(=O)Oc1c(Cl)cccc1OC(CC)c1ccccc1.[NaH]. The summed E-state index contributed by atoms with van der Waals surface area (Å²) in [5.41, 5.74) is 1.07. The molecule has 2 rings (SSSR count). The molecule has 0 aliphatic heterocycles. The molecule has 0 spiro atoms. The van der Waals surface area contributed by atoms with Crippen LogP contribution in [0.2, 0.25) is 5.02 Å². The van der Waals surface area contributed by atoms with Crippen molar-refractivity contribution in [3.05, 3.63) is 59.1 Å². The summed E-state index contributed by atoms with van der Waals surface area (Å²) in [4.78, 5) is 11.6. The quantitative estimate of drug-likeness (QED) is 0.439. The molecule has 3 nitrogen and oxygen atoms in total. The molecule has 0 aliphatic carbocycles. The molecule has 0 aliphatic rings. The third-order valence-corrected chi connectivity index (χ3v) is 3.54. The zero-order chi connectivity index (χ0) is 15.9. The molecule has 0 amide bonds.